The van der Waals surface area contributed by atoms with Gasteiger partial charge in [-0.1, -0.05) is 12.1 Å². The lowest BCUT2D eigenvalue weighted by Crippen LogP contribution is -2.28. The normalized spacial score (nSPS) is 15.3. The molecule has 0 saturated carbocycles. The third-order valence-corrected chi connectivity index (χ3v) is 3.79. The Bertz CT molecular complexity index is 650. The van der Waals surface area contributed by atoms with Crippen molar-refractivity contribution in [3.63, 3.8) is 0 Å². The maximum absolute atomic E-state index is 12.8. The zero-order valence-electron chi connectivity index (χ0n) is 12.7. The van der Waals surface area contributed by atoms with E-state index in [1.807, 2.05) is 10.9 Å². The summed E-state index contributed by atoms with van der Waals surface area (Å²) in [5.41, 5.74) is 1.48. The molecule has 2 heterocycles. The van der Waals surface area contributed by atoms with Crippen molar-refractivity contribution in [1.29, 1.82) is 0 Å². The van der Waals surface area contributed by atoms with Crippen molar-refractivity contribution in [2.75, 3.05) is 18.5 Å². The van der Waals surface area contributed by atoms with Gasteiger partial charge in [-0.25, -0.2) is 9.18 Å². The number of urea groups is 1. The molecule has 0 atom stereocenters. The van der Waals surface area contributed by atoms with Gasteiger partial charge in [0.15, 0.2) is 0 Å². The Labute approximate surface area is 133 Å². The lowest BCUT2D eigenvalue weighted by molar-refractivity contribution is 0.0662. The highest BCUT2D eigenvalue weighted by molar-refractivity contribution is 5.88. The molecule has 1 saturated heterocycles. The molecule has 7 heteroatoms. The fraction of sp³-hybridized carbons (Fsp3) is 0.375. The number of benzene rings is 1. The molecule has 1 aliphatic rings. The van der Waals surface area contributed by atoms with E-state index in [0.29, 0.717) is 18.3 Å². The van der Waals surface area contributed by atoms with Crippen LogP contribution in [0, 0.1) is 5.82 Å². The minimum atomic E-state index is -0.319. The highest BCUT2D eigenvalue weighted by Gasteiger charge is 2.16. The van der Waals surface area contributed by atoms with Crippen LogP contribution in [-0.4, -0.2) is 29.0 Å². The van der Waals surface area contributed by atoms with Gasteiger partial charge in [0.25, 0.3) is 0 Å². The van der Waals surface area contributed by atoms with E-state index >= 15 is 0 Å². The van der Waals surface area contributed by atoms with Gasteiger partial charge in [-0.15, -0.1) is 0 Å². The molecule has 1 fully saturated rings. The first-order chi connectivity index (χ1) is 11.2. The van der Waals surface area contributed by atoms with Crippen molar-refractivity contribution in [2.45, 2.75) is 25.4 Å². The molecule has 2 aromatic rings. The van der Waals surface area contributed by atoms with Crippen LogP contribution in [-0.2, 0) is 11.3 Å². The molecule has 3 rings (SSSR count). The molecule has 0 aliphatic carbocycles. The van der Waals surface area contributed by atoms with Gasteiger partial charge in [0, 0.05) is 26.0 Å². The number of ether oxygens (including phenoxy) is 1. The summed E-state index contributed by atoms with van der Waals surface area (Å²) < 4.78 is 20.0. The molecule has 122 valence electrons. The van der Waals surface area contributed by atoms with Gasteiger partial charge in [-0.3, -0.25) is 4.68 Å². The highest BCUT2D eigenvalue weighted by atomic mass is 19.1. The van der Waals surface area contributed by atoms with E-state index in [1.165, 1.54) is 12.1 Å². The zero-order chi connectivity index (χ0) is 16.1. The smallest absolute Gasteiger partial charge is 0.319 e. The molecule has 0 spiro atoms. The summed E-state index contributed by atoms with van der Waals surface area (Å²) in [5.74, 6) is -0.293. The first-order valence-electron chi connectivity index (χ1n) is 7.62. The Kier molecular flexibility index (Phi) is 4.87. The van der Waals surface area contributed by atoms with Crippen LogP contribution in [0.2, 0.25) is 0 Å². The topological polar surface area (TPSA) is 68.2 Å². The summed E-state index contributed by atoms with van der Waals surface area (Å²) >= 11 is 0. The lowest BCUT2D eigenvalue weighted by Gasteiger charge is -2.22. The van der Waals surface area contributed by atoms with Crippen LogP contribution in [0.15, 0.2) is 36.7 Å². The Morgan fingerprint density at radius 3 is 2.78 bits per heavy atom. The van der Waals surface area contributed by atoms with Gasteiger partial charge >= 0.3 is 6.03 Å². The largest absolute Gasteiger partial charge is 0.381 e. The van der Waals surface area contributed by atoms with Gasteiger partial charge in [-0.05, 0) is 30.5 Å². The Hall–Kier alpha value is -2.41. The number of amides is 2. The fourth-order valence-corrected chi connectivity index (χ4v) is 2.51. The molecular weight excluding hydrogens is 299 g/mol. The molecule has 23 heavy (non-hydrogen) atoms. The Balaban J connectivity index is 1.49. The predicted octanol–water partition coefficient (Wildman–Crippen LogP) is 2.70. The van der Waals surface area contributed by atoms with E-state index in [4.69, 9.17) is 4.74 Å². The summed E-state index contributed by atoms with van der Waals surface area (Å²) in [6, 6.07) is 6.01. The average molecular weight is 318 g/mol. The Morgan fingerprint density at radius 2 is 2.04 bits per heavy atom. The SMILES string of the molecule is O=C(NCc1ccc(F)cc1)Nc1cnn(C2CCOCC2)c1. The summed E-state index contributed by atoms with van der Waals surface area (Å²) in [7, 11) is 0. The Morgan fingerprint density at radius 1 is 1.30 bits per heavy atom. The molecule has 2 N–H and O–H groups in total. The van der Waals surface area contributed by atoms with E-state index < -0.39 is 0 Å². The van der Waals surface area contributed by atoms with E-state index in [1.54, 1.807) is 18.3 Å². The predicted molar refractivity (Wildman–Crippen MR) is 83.6 cm³/mol. The second kappa shape index (κ2) is 7.23. The average Bonchev–Trinajstić information content (AvgIpc) is 3.04. The van der Waals surface area contributed by atoms with Gasteiger partial charge in [0.2, 0.25) is 0 Å². The number of aromatic nitrogens is 2. The van der Waals surface area contributed by atoms with Crippen LogP contribution in [0.25, 0.3) is 0 Å². The number of carbonyl (C=O) groups is 1. The number of carbonyl (C=O) groups excluding carboxylic acids is 1. The summed E-state index contributed by atoms with van der Waals surface area (Å²) in [5, 5.41) is 9.77. The van der Waals surface area contributed by atoms with Gasteiger partial charge < -0.3 is 15.4 Å². The quantitative estimate of drug-likeness (QED) is 0.911. The maximum atomic E-state index is 12.8. The van der Waals surface area contributed by atoms with Crippen LogP contribution < -0.4 is 10.6 Å². The van der Waals surface area contributed by atoms with Crippen LogP contribution in [0.4, 0.5) is 14.9 Å². The number of nitrogens with zero attached hydrogens (tertiary/aromatic N) is 2. The van der Waals surface area contributed by atoms with E-state index in [9.17, 15) is 9.18 Å². The molecule has 2 amide bonds. The highest BCUT2D eigenvalue weighted by Crippen LogP contribution is 2.21. The summed E-state index contributed by atoms with van der Waals surface area (Å²) in [6.07, 6.45) is 5.32. The molecule has 0 radical (unpaired) electrons. The minimum absolute atomic E-state index is 0.293. The van der Waals surface area contributed by atoms with Crippen molar-refractivity contribution < 1.29 is 13.9 Å². The number of anilines is 1. The third-order valence-electron chi connectivity index (χ3n) is 3.79. The first kappa shape index (κ1) is 15.5. The molecule has 0 unspecified atom stereocenters. The second-order valence-electron chi connectivity index (χ2n) is 5.49. The number of halogens is 1. The molecule has 6 nitrogen and oxygen atoms in total. The monoisotopic (exact) mass is 318 g/mol. The summed E-state index contributed by atoms with van der Waals surface area (Å²) in [6.45, 7) is 1.82. The van der Waals surface area contributed by atoms with Crippen molar-refractivity contribution in [1.82, 2.24) is 15.1 Å². The van der Waals surface area contributed by atoms with Gasteiger partial charge in [-0.2, -0.15) is 5.10 Å². The first-order valence-corrected chi connectivity index (χ1v) is 7.62. The molecule has 1 aliphatic heterocycles. The fourth-order valence-electron chi connectivity index (χ4n) is 2.51. The number of hydrogen-bond acceptors (Lipinski definition) is 3. The van der Waals surface area contributed by atoms with Crippen LogP contribution in [0.1, 0.15) is 24.4 Å². The van der Waals surface area contributed by atoms with Gasteiger partial charge in [0.1, 0.15) is 5.82 Å². The van der Waals surface area contributed by atoms with Crippen molar-refractivity contribution >= 4 is 11.7 Å². The number of hydrogen-bond donors (Lipinski definition) is 2. The molecule has 0 bridgehead atoms. The molecular formula is C16H19FN4O2. The summed E-state index contributed by atoms with van der Waals surface area (Å²) in [4.78, 5) is 11.9. The lowest BCUT2D eigenvalue weighted by atomic mass is 10.1. The van der Waals surface area contributed by atoms with Crippen molar-refractivity contribution in [3.05, 3.63) is 48.0 Å². The van der Waals surface area contributed by atoms with Crippen molar-refractivity contribution in [3.8, 4) is 0 Å². The van der Waals surface area contributed by atoms with E-state index in [0.717, 1.165) is 31.6 Å². The minimum Gasteiger partial charge on any atom is -0.381 e. The van der Waals surface area contributed by atoms with Crippen LogP contribution in [0.5, 0.6) is 0 Å². The number of rotatable bonds is 4. The van der Waals surface area contributed by atoms with Crippen LogP contribution >= 0.6 is 0 Å². The zero-order valence-corrected chi connectivity index (χ0v) is 12.7. The van der Waals surface area contributed by atoms with Crippen molar-refractivity contribution in [2.24, 2.45) is 0 Å². The second-order valence-corrected chi connectivity index (χ2v) is 5.49. The molecule has 1 aromatic heterocycles. The number of nitrogens with one attached hydrogen (secondary N) is 2. The van der Waals surface area contributed by atoms with Gasteiger partial charge in [0.05, 0.1) is 17.9 Å². The standard InChI is InChI=1S/C16H19FN4O2/c17-13-3-1-12(2-4-13)9-18-16(22)20-14-10-19-21(11-14)15-5-7-23-8-6-15/h1-4,10-11,15H,5-9H2,(H2,18,20,22). The van der Waals surface area contributed by atoms with Crippen LogP contribution in [0.3, 0.4) is 0 Å². The van der Waals surface area contributed by atoms with E-state index in [2.05, 4.69) is 15.7 Å². The third kappa shape index (κ3) is 4.29. The maximum Gasteiger partial charge on any atom is 0.319 e. The molecule has 1 aromatic carbocycles. The van der Waals surface area contributed by atoms with E-state index in [-0.39, 0.29) is 11.8 Å².